The van der Waals surface area contributed by atoms with Gasteiger partial charge in [-0.15, -0.1) is 0 Å². The Kier molecular flexibility index (Phi) is 3.45. The molecule has 82 valence electrons. The Balaban J connectivity index is 1.65. The van der Waals surface area contributed by atoms with Gasteiger partial charge in [0.2, 0.25) is 0 Å². The van der Waals surface area contributed by atoms with Crippen LogP contribution in [0.3, 0.4) is 0 Å². The standard InChI is InChI=1S/C12H24N2/c1-3-12(11-4-5-11)13-8-10-6-7-14(2)9-10/h10-13H,3-9H2,1-2H3. The highest BCUT2D eigenvalue weighted by Gasteiger charge is 2.30. The zero-order valence-corrected chi connectivity index (χ0v) is 9.63. The van der Waals surface area contributed by atoms with Crippen LogP contribution >= 0.6 is 0 Å². The van der Waals surface area contributed by atoms with E-state index in [4.69, 9.17) is 0 Å². The third kappa shape index (κ3) is 2.71. The molecule has 0 amide bonds. The second kappa shape index (κ2) is 4.63. The van der Waals surface area contributed by atoms with Gasteiger partial charge in [-0.05, 0) is 57.7 Å². The molecule has 2 fully saturated rings. The van der Waals surface area contributed by atoms with Gasteiger partial charge in [0, 0.05) is 12.6 Å². The van der Waals surface area contributed by atoms with Crippen LogP contribution in [0.5, 0.6) is 0 Å². The van der Waals surface area contributed by atoms with Gasteiger partial charge in [0.25, 0.3) is 0 Å². The van der Waals surface area contributed by atoms with Crippen LogP contribution < -0.4 is 5.32 Å². The lowest BCUT2D eigenvalue weighted by molar-refractivity contribution is 0.366. The Hall–Kier alpha value is -0.0800. The molecule has 2 heteroatoms. The topological polar surface area (TPSA) is 15.3 Å². The molecule has 1 N–H and O–H groups in total. The van der Waals surface area contributed by atoms with Crippen LogP contribution in [-0.2, 0) is 0 Å². The highest BCUT2D eigenvalue weighted by molar-refractivity contribution is 4.86. The van der Waals surface area contributed by atoms with E-state index in [2.05, 4.69) is 24.2 Å². The van der Waals surface area contributed by atoms with Crippen molar-refractivity contribution in [3.05, 3.63) is 0 Å². The molecule has 1 saturated heterocycles. The molecule has 2 atom stereocenters. The van der Waals surface area contributed by atoms with E-state index in [9.17, 15) is 0 Å². The van der Waals surface area contributed by atoms with E-state index in [1.54, 1.807) is 0 Å². The predicted octanol–water partition coefficient (Wildman–Crippen LogP) is 1.72. The van der Waals surface area contributed by atoms with Crippen molar-refractivity contribution < 1.29 is 0 Å². The molecule has 2 rings (SSSR count). The largest absolute Gasteiger partial charge is 0.313 e. The van der Waals surface area contributed by atoms with Gasteiger partial charge in [0.05, 0.1) is 0 Å². The highest BCUT2D eigenvalue weighted by atomic mass is 15.1. The van der Waals surface area contributed by atoms with E-state index in [0.29, 0.717) is 0 Å². The first-order chi connectivity index (χ1) is 6.79. The molecule has 2 nitrogen and oxygen atoms in total. The molecule has 0 radical (unpaired) electrons. The van der Waals surface area contributed by atoms with Crippen LogP contribution in [-0.4, -0.2) is 37.6 Å². The van der Waals surface area contributed by atoms with Crippen molar-refractivity contribution in [2.45, 2.75) is 38.6 Å². The van der Waals surface area contributed by atoms with Crippen LogP contribution in [0.2, 0.25) is 0 Å². The number of hydrogen-bond acceptors (Lipinski definition) is 2. The highest BCUT2D eigenvalue weighted by Crippen LogP contribution is 2.34. The molecule has 1 heterocycles. The Morgan fingerprint density at radius 3 is 2.64 bits per heavy atom. The summed E-state index contributed by atoms with van der Waals surface area (Å²) >= 11 is 0. The Morgan fingerprint density at radius 2 is 2.14 bits per heavy atom. The molecule has 0 aromatic rings. The molecule has 1 aliphatic carbocycles. The number of nitrogens with one attached hydrogen (secondary N) is 1. The van der Waals surface area contributed by atoms with Crippen molar-refractivity contribution >= 4 is 0 Å². The fourth-order valence-electron chi connectivity index (χ4n) is 2.65. The summed E-state index contributed by atoms with van der Waals surface area (Å²) in [5.41, 5.74) is 0. The van der Waals surface area contributed by atoms with Crippen molar-refractivity contribution in [1.82, 2.24) is 10.2 Å². The fraction of sp³-hybridized carbons (Fsp3) is 1.00. The predicted molar refractivity (Wildman–Crippen MR) is 60.4 cm³/mol. The number of likely N-dealkylation sites (tertiary alicyclic amines) is 1. The summed E-state index contributed by atoms with van der Waals surface area (Å²) < 4.78 is 0. The average molecular weight is 196 g/mol. The third-order valence-electron chi connectivity index (χ3n) is 3.79. The summed E-state index contributed by atoms with van der Waals surface area (Å²) in [6, 6.07) is 0.820. The number of nitrogens with zero attached hydrogens (tertiary/aromatic N) is 1. The van der Waals surface area contributed by atoms with Crippen LogP contribution in [0.1, 0.15) is 32.6 Å². The average Bonchev–Trinajstić information content (AvgIpc) is 2.92. The van der Waals surface area contributed by atoms with E-state index >= 15 is 0 Å². The van der Waals surface area contributed by atoms with Gasteiger partial charge >= 0.3 is 0 Å². The van der Waals surface area contributed by atoms with Crippen LogP contribution in [0.15, 0.2) is 0 Å². The minimum absolute atomic E-state index is 0.820. The van der Waals surface area contributed by atoms with E-state index < -0.39 is 0 Å². The maximum Gasteiger partial charge on any atom is 0.00928 e. The molecule has 0 aromatic carbocycles. The summed E-state index contributed by atoms with van der Waals surface area (Å²) in [5, 5.41) is 3.77. The van der Waals surface area contributed by atoms with Crippen LogP contribution in [0, 0.1) is 11.8 Å². The molecule has 1 saturated carbocycles. The second-order valence-corrected chi connectivity index (χ2v) is 5.18. The lowest BCUT2D eigenvalue weighted by Crippen LogP contribution is -2.35. The molecular weight excluding hydrogens is 172 g/mol. The molecule has 2 unspecified atom stereocenters. The van der Waals surface area contributed by atoms with Gasteiger partial charge in [-0.3, -0.25) is 0 Å². The van der Waals surface area contributed by atoms with Crippen LogP contribution in [0.4, 0.5) is 0 Å². The van der Waals surface area contributed by atoms with Gasteiger partial charge < -0.3 is 10.2 Å². The normalized spacial score (nSPS) is 30.9. The molecule has 2 aliphatic rings. The molecule has 0 spiro atoms. The minimum atomic E-state index is 0.820. The number of rotatable bonds is 5. The Morgan fingerprint density at radius 1 is 1.36 bits per heavy atom. The summed E-state index contributed by atoms with van der Waals surface area (Å²) in [7, 11) is 2.23. The minimum Gasteiger partial charge on any atom is -0.313 e. The molecule has 0 aromatic heterocycles. The molecule has 1 aliphatic heterocycles. The lowest BCUT2D eigenvalue weighted by Gasteiger charge is -2.19. The molecule has 14 heavy (non-hydrogen) atoms. The SMILES string of the molecule is CCC(NCC1CCN(C)C1)C1CC1. The second-order valence-electron chi connectivity index (χ2n) is 5.18. The quantitative estimate of drug-likeness (QED) is 0.720. The van der Waals surface area contributed by atoms with Gasteiger partial charge in [0.1, 0.15) is 0 Å². The number of hydrogen-bond donors (Lipinski definition) is 1. The van der Waals surface area contributed by atoms with Gasteiger partial charge in [-0.2, -0.15) is 0 Å². The van der Waals surface area contributed by atoms with Crippen molar-refractivity contribution in [2.75, 3.05) is 26.7 Å². The first-order valence-corrected chi connectivity index (χ1v) is 6.21. The molecular formula is C12H24N2. The smallest absolute Gasteiger partial charge is 0.00928 e. The Bertz CT molecular complexity index is 177. The maximum atomic E-state index is 3.77. The zero-order chi connectivity index (χ0) is 9.97. The van der Waals surface area contributed by atoms with Gasteiger partial charge in [-0.1, -0.05) is 6.92 Å². The third-order valence-corrected chi connectivity index (χ3v) is 3.79. The first-order valence-electron chi connectivity index (χ1n) is 6.21. The van der Waals surface area contributed by atoms with E-state index in [1.807, 2.05) is 0 Å². The van der Waals surface area contributed by atoms with E-state index in [1.165, 1.54) is 45.3 Å². The van der Waals surface area contributed by atoms with E-state index in [-0.39, 0.29) is 0 Å². The monoisotopic (exact) mass is 196 g/mol. The zero-order valence-electron chi connectivity index (χ0n) is 9.63. The summed E-state index contributed by atoms with van der Waals surface area (Å²) in [6.45, 7) is 6.16. The van der Waals surface area contributed by atoms with Crippen LogP contribution in [0.25, 0.3) is 0 Å². The summed E-state index contributed by atoms with van der Waals surface area (Å²) in [5.74, 6) is 1.92. The summed E-state index contributed by atoms with van der Waals surface area (Å²) in [6.07, 6.45) is 5.64. The maximum absolute atomic E-state index is 3.77. The molecule has 0 bridgehead atoms. The van der Waals surface area contributed by atoms with Gasteiger partial charge in [-0.25, -0.2) is 0 Å². The van der Waals surface area contributed by atoms with Crippen molar-refractivity contribution in [3.63, 3.8) is 0 Å². The van der Waals surface area contributed by atoms with Crippen molar-refractivity contribution in [2.24, 2.45) is 11.8 Å². The summed E-state index contributed by atoms with van der Waals surface area (Å²) in [4.78, 5) is 2.45. The van der Waals surface area contributed by atoms with Crippen molar-refractivity contribution in [3.8, 4) is 0 Å². The lowest BCUT2D eigenvalue weighted by atomic mass is 10.1. The fourth-order valence-corrected chi connectivity index (χ4v) is 2.65. The van der Waals surface area contributed by atoms with Gasteiger partial charge in [0.15, 0.2) is 0 Å². The first kappa shape index (κ1) is 10.4. The Labute approximate surface area is 88.1 Å². The van der Waals surface area contributed by atoms with Crippen molar-refractivity contribution in [1.29, 1.82) is 0 Å². The van der Waals surface area contributed by atoms with E-state index in [0.717, 1.165) is 17.9 Å².